The van der Waals surface area contributed by atoms with E-state index in [9.17, 15) is 19.5 Å². The van der Waals surface area contributed by atoms with Gasteiger partial charge < -0.3 is 39.4 Å². The average Bonchev–Trinajstić information content (AvgIpc) is 3.22. The summed E-state index contributed by atoms with van der Waals surface area (Å²) in [6, 6.07) is 36.6. The topological polar surface area (TPSA) is 142 Å². The Morgan fingerprint density at radius 3 is 1.60 bits per heavy atom. The van der Waals surface area contributed by atoms with Gasteiger partial charge in [-0.1, -0.05) is 127 Å². The van der Waals surface area contributed by atoms with Crippen LogP contribution in [0.1, 0.15) is 35.6 Å². The van der Waals surface area contributed by atoms with E-state index < -0.39 is 60.4 Å². The van der Waals surface area contributed by atoms with Crippen molar-refractivity contribution < 1.29 is 43.2 Å². The molecule has 0 aromatic heterocycles. The molecule has 1 heterocycles. The van der Waals surface area contributed by atoms with Gasteiger partial charge in [0.25, 0.3) is 0 Å². The van der Waals surface area contributed by atoms with Crippen LogP contribution >= 0.6 is 0 Å². The number of nitrogens with one attached hydrogen (secondary N) is 2. The summed E-state index contributed by atoms with van der Waals surface area (Å²) in [4.78, 5) is 38.6. The zero-order chi connectivity index (χ0) is 38.8. The Morgan fingerprint density at radius 1 is 0.673 bits per heavy atom. The number of hydrogen-bond acceptors (Lipinski definition) is 9. The molecule has 1 aliphatic rings. The van der Waals surface area contributed by atoms with Crippen molar-refractivity contribution in [2.45, 2.75) is 82.2 Å². The average molecular weight is 751 g/mol. The van der Waals surface area contributed by atoms with E-state index in [1.165, 1.54) is 20.1 Å². The molecule has 0 aliphatic carbocycles. The molecule has 3 N–H and O–H groups in total. The zero-order valence-corrected chi connectivity index (χ0v) is 31.2. The van der Waals surface area contributed by atoms with Gasteiger partial charge in [0.05, 0.1) is 39.6 Å². The first kappa shape index (κ1) is 41.0. The van der Waals surface area contributed by atoms with Gasteiger partial charge in [-0.3, -0.25) is 9.59 Å². The molecule has 55 heavy (non-hydrogen) atoms. The van der Waals surface area contributed by atoms with E-state index in [2.05, 4.69) is 10.6 Å². The molecule has 5 rings (SSSR count). The van der Waals surface area contributed by atoms with E-state index >= 15 is 0 Å². The summed E-state index contributed by atoms with van der Waals surface area (Å²) in [5, 5.41) is 15.9. The van der Waals surface area contributed by atoms with E-state index in [-0.39, 0.29) is 39.3 Å². The van der Waals surface area contributed by atoms with Crippen molar-refractivity contribution >= 4 is 17.8 Å². The van der Waals surface area contributed by atoms with Gasteiger partial charge in [-0.25, -0.2) is 4.79 Å². The quantitative estimate of drug-likeness (QED) is 0.0906. The van der Waals surface area contributed by atoms with Crippen LogP contribution in [0, 0.1) is 0 Å². The van der Waals surface area contributed by atoms with Gasteiger partial charge in [0.2, 0.25) is 11.8 Å². The van der Waals surface area contributed by atoms with Crippen LogP contribution in [0.4, 0.5) is 0 Å². The van der Waals surface area contributed by atoms with Crippen LogP contribution in [0.3, 0.4) is 0 Å². The second-order valence-electron chi connectivity index (χ2n) is 13.3. The number of ether oxygens (including phenoxy) is 5. The van der Waals surface area contributed by atoms with E-state index in [1.807, 2.05) is 121 Å². The lowest BCUT2D eigenvalue weighted by molar-refractivity contribution is -0.269. The van der Waals surface area contributed by atoms with Crippen molar-refractivity contribution in [2.75, 3.05) is 13.7 Å². The molecular weight excluding hydrogens is 700 g/mol. The van der Waals surface area contributed by atoms with Gasteiger partial charge in [0, 0.05) is 6.42 Å². The second-order valence-corrected chi connectivity index (χ2v) is 13.3. The van der Waals surface area contributed by atoms with Crippen molar-refractivity contribution in [1.82, 2.24) is 10.6 Å². The zero-order valence-electron chi connectivity index (χ0n) is 31.2. The highest BCUT2D eigenvalue weighted by Crippen LogP contribution is 2.32. The highest BCUT2D eigenvalue weighted by atomic mass is 16.6. The molecule has 1 fully saturated rings. The SMILES string of the molecule is COC(=O)[C@H](Cc1ccccc1)NC(=O)[C@H](C)NC(=O)/C=C/C[C@H]1O[C@H](CO)[C@H](OCc2ccccc2)[C@H](OCc2ccccc2)[C@H]1OCc1ccccc1. The Morgan fingerprint density at radius 2 is 1.13 bits per heavy atom. The summed E-state index contributed by atoms with van der Waals surface area (Å²) in [6.07, 6.45) is 0.0299. The van der Waals surface area contributed by atoms with Crippen molar-refractivity contribution in [3.8, 4) is 0 Å². The number of amides is 2. The molecule has 11 nitrogen and oxygen atoms in total. The van der Waals surface area contributed by atoms with Crippen LogP contribution in [0.25, 0.3) is 0 Å². The van der Waals surface area contributed by atoms with Crippen LogP contribution in [-0.2, 0) is 64.3 Å². The number of aliphatic hydroxyl groups excluding tert-OH is 1. The molecule has 4 aromatic rings. The van der Waals surface area contributed by atoms with Gasteiger partial charge >= 0.3 is 5.97 Å². The number of methoxy groups -OCH3 is 1. The number of hydrogen-bond donors (Lipinski definition) is 3. The number of carbonyl (C=O) groups is 3. The normalized spacial score (nSPS) is 20.7. The standard InChI is InChI=1S/C44H50N2O9/c1-31(43(49)46-36(44(50)51-2)26-32-16-7-3-8-17-32)45-39(48)25-15-24-37-40(52-28-33-18-9-4-10-19-33)42(54-30-35-22-13-6-14-23-35)41(38(27-47)55-37)53-29-34-20-11-5-12-21-34/h3-23,25,31,36-38,40-42,47H,24,26-30H2,1-2H3,(H,45,48)(H,46,49)/b25-15+/t31-,36-,37+,38+,40-,41-,42+/m0/s1. The minimum absolute atomic E-state index is 0.224. The lowest BCUT2D eigenvalue weighted by atomic mass is 9.92. The van der Waals surface area contributed by atoms with Crippen LogP contribution in [0.15, 0.2) is 133 Å². The smallest absolute Gasteiger partial charge is 0.328 e. The molecule has 0 saturated carbocycles. The third kappa shape index (κ3) is 12.7. The third-order valence-electron chi connectivity index (χ3n) is 9.24. The Labute approximate surface area is 322 Å². The summed E-state index contributed by atoms with van der Waals surface area (Å²) < 4.78 is 31.0. The first-order valence-electron chi connectivity index (χ1n) is 18.5. The van der Waals surface area contributed by atoms with Crippen LogP contribution in [0.2, 0.25) is 0 Å². The Kier molecular flexibility index (Phi) is 16.1. The Balaban J connectivity index is 1.29. The molecule has 7 atom stereocenters. The molecular formula is C44H50N2O9. The summed E-state index contributed by atoms with van der Waals surface area (Å²) in [5.41, 5.74) is 3.72. The van der Waals surface area contributed by atoms with Gasteiger partial charge in [0.15, 0.2) is 0 Å². The van der Waals surface area contributed by atoms with E-state index in [0.29, 0.717) is 0 Å². The maximum atomic E-state index is 13.1. The summed E-state index contributed by atoms with van der Waals surface area (Å²) >= 11 is 0. The number of carbonyl (C=O) groups excluding carboxylic acids is 3. The van der Waals surface area contributed by atoms with Gasteiger partial charge in [-0.2, -0.15) is 0 Å². The highest BCUT2D eigenvalue weighted by molar-refractivity contribution is 5.94. The molecule has 1 saturated heterocycles. The van der Waals surface area contributed by atoms with Gasteiger partial charge in [0.1, 0.15) is 36.5 Å². The second kappa shape index (κ2) is 21.7. The monoisotopic (exact) mass is 750 g/mol. The summed E-state index contributed by atoms with van der Waals surface area (Å²) in [5.74, 6) is -1.64. The van der Waals surface area contributed by atoms with Crippen molar-refractivity contribution in [2.24, 2.45) is 0 Å². The largest absolute Gasteiger partial charge is 0.467 e. The number of rotatable bonds is 19. The van der Waals surface area contributed by atoms with Crippen molar-refractivity contribution in [3.05, 3.63) is 156 Å². The summed E-state index contributed by atoms with van der Waals surface area (Å²) in [6.45, 7) is 2.00. The lowest BCUT2D eigenvalue weighted by Crippen LogP contribution is -2.60. The van der Waals surface area contributed by atoms with E-state index in [0.717, 1.165) is 22.3 Å². The van der Waals surface area contributed by atoms with Crippen LogP contribution in [0.5, 0.6) is 0 Å². The molecule has 0 spiro atoms. The minimum atomic E-state index is -0.954. The molecule has 290 valence electrons. The summed E-state index contributed by atoms with van der Waals surface area (Å²) in [7, 11) is 1.26. The fraction of sp³-hybridized carbons (Fsp3) is 0.341. The molecule has 11 heteroatoms. The number of esters is 1. The maximum Gasteiger partial charge on any atom is 0.328 e. The highest BCUT2D eigenvalue weighted by Gasteiger charge is 2.47. The fourth-order valence-corrected chi connectivity index (χ4v) is 6.34. The molecule has 0 bridgehead atoms. The molecule has 1 aliphatic heterocycles. The van der Waals surface area contributed by atoms with Gasteiger partial charge in [-0.15, -0.1) is 0 Å². The molecule has 4 aromatic carbocycles. The maximum absolute atomic E-state index is 13.1. The molecule has 0 radical (unpaired) electrons. The van der Waals surface area contributed by atoms with Crippen LogP contribution < -0.4 is 10.6 Å². The Hall–Kier alpha value is -5.17. The third-order valence-corrected chi connectivity index (χ3v) is 9.24. The molecule has 2 amide bonds. The van der Waals surface area contributed by atoms with Gasteiger partial charge in [-0.05, 0) is 41.7 Å². The van der Waals surface area contributed by atoms with E-state index in [4.69, 9.17) is 23.7 Å². The minimum Gasteiger partial charge on any atom is -0.467 e. The first-order chi connectivity index (χ1) is 26.8. The van der Waals surface area contributed by atoms with E-state index in [1.54, 1.807) is 6.08 Å². The van der Waals surface area contributed by atoms with Crippen molar-refractivity contribution in [3.63, 3.8) is 0 Å². The van der Waals surface area contributed by atoms with Crippen molar-refractivity contribution in [1.29, 1.82) is 0 Å². The number of aliphatic hydroxyl groups is 1. The Bertz CT molecular complexity index is 1780. The predicted molar refractivity (Wildman–Crippen MR) is 206 cm³/mol. The molecule has 0 unspecified atom stereocenters. The lowest BCUT2D eigenvalue weighted by Gasteiger charge is -2.46. The first-order valence-corrected chi connectivity index (χ1v) is 18.5. The fourth-order valence-electron chi connectivity index (χ4n) is 6.34. The van der Waals surface area contributed by atoms with Crippen LogP contribution in [-0.4, -0.2) is 79.2 Å². The number of benzene rings is 4. The predicted octanol–water partition coefficient (Wildman–Crippen LogP) is 4.85.